The molecule has 1 aliphatic heterocycles. The van der Waals surface area contributed by atoms with E-state index in [2.05, 4.69) is 44.5 Å². The Labute approximate surface area is 184 Å². The predicted octanol–water partition coefficient (Wildman–Crippen LogP) is 3.42. The van der Waals surface area contributed by atoms with Gasteiger partial charge < -0.3 is 20.1 Å². The standard InChI is InChI=1S/C23H20N4O2.CH2O2/c1-15-4-6-16(7-5-15)23(10-14-29-19-3-2-11-24-20(19)23)27-22(28)18-9-13-26-21-17(18)8-12-25-21;2-1-3/h2-9,11-13H,10,14H2,1H3,(H,25,26)(H,27,28);1H,(H,2,3)/t23-;/m0./s1. The fraction of sp³-hybridized carbons (Fsp3) is 0.167. The molecule has 162 valence electrons. The zero-order chi connectivity index (χ0) is 22.6. The number of fused-ring (bicyclic) bond motifs is 2. The number of carbonyl (C=O) groups is 2. The van der Waals surface area contributed by atoms with Crippen LogP contribution in [0.2, 0.25) is 0 Å². The van der Waals surface area contributed by atoms with Crippen LogP contribution in [0.1, 0.15) is 33.6 Å². The highest BCUT2D eigenvalue weighted by molar-refractivity contribution is 6.06. The summed E-state index contributed by atoms with van der Waals surface area (Å²) in [4.78, 5) is 33.8. The largest absolute Gasteiger partial charge is 0.491 e. The van der Waals surface area contributed by atoms with Gasteiger partial charge in [-0.15, -0.1) is 0 Å². The number of aromatic amines is 1. The van der Waals surface area contributed by atoms with Crippen LogP contribution >= 0.6 is 0 Å². The molecule has 0 aliphatic carbocycles. The van der Waals surface area contributed by atoms with Crippen molar-refractivity contribution in [3.63, 3.8) is 0 Å². The van der Waals surface area contributed by atoms with Gasteiger partial charge in [0.1, 0.15) is 22.6 Å². The van der Waals surface area contributed by atoms with Crippen LogP contribution in [0.4, 0.5) is 0 Å². The molecule has 5 rings (SSSR count). The Hall–Kier alpha value is -4.20. The summed E-state index contributed by atoms with van der Waals surface area (Å²) in [6.07, 6.45) is 5.75. The normalized spacial score (nSPS) is 16.8. The Morgan fingerprint density at radius 1 is 1.16 bits per heavy atom. The van der Waals surface area contributed by atoms with Gasteiger partial charge in [0, 0.05) is 30.4 Å². The lowest BCUT2D eigenvalue weighted by Crippen LogP contribution is -2.50. The number of ether oxygens (including phenoxy) is 1. The molecule has 0 bridgehead atoms. The highest BCUT2D eigenvalue weighted by Crippen LogP contribution is 2.40. The first-order valence-electron chi connectivity index (χ1n) is 10.1. The Kier molecular flexibility index (Phi) is 5.85. The summed E-state index contributed by atoms with van der Waals surface area (Å²) in [6, 6.07) is 15.6. The molecule has 4 aromatic rings. The molecule has 32 heavy (non-hydrogen) atoms. The molecule has 3 N–H and O–H groups in total. The number of hydrogen-bond acceptors (Lipinski definition) is 5. The number of hydrogen-bond donors (Lipinski definition) is 3. The van der Waals surface area contributed by atoms with Crippen LogP contribution in [0.15, 0.2) is 67.1 Å². The molecule has 4 heterocycles. The van der Waals surface area contributed by atoms with Crippen molar-refractivity contribution in [3.8, 4) is 5.75 Å². The van der Waals surface area contributed by atoms with E-state index in [1.165, 1.54) is 0 Å². The van der Waals surface area contributed by atoms with Gasteiger partial charge in [0.25, 0.3) is 12.4 Å². The van der Waals surface area contributed by atoms with Gasteiger partial charge in [-0.2, -0.15) is 0 Å². The van der Waals surface area contributed by atoms with Crippen LogP contribution in [0.3, 0.4) is 0 Å². The first-order chi connectivity index (χ1) is 15.6. The second-order valence-electron chi connectivity index (χ2n) is 7.38. The number of carbonyl (C=O) groups excluding carboxylic acids is 1. The summed E-state index contributed by atoms with van der Waals surface area (Å²) in [5.74, 6) is 0.525. The summed E-state index contributed by atoms with van der Waals surface area (Å²) < 4.78 is 5.84. The zero-order valence-electron chi connectivity index (χ0n) is 17.4. The van der Waals surface area contributed by atoms with Crippen molar-refractivity contribution in [2.24, 2.45) is 0 Å². The van der Waals surface area contributed by atoms with Crippen molar-refractivity contribution < 1.29 is 19.4 Å². The van der Waals surface area contributed by atoms with Gasteiger partial charge in [-0.05, 0) is 36.8 Å². The molecule has 0 fully saturated rings. The van der Waals surface area contributed by atoms with Crippen molar-refractivity contribution in [2.75, 3.05) is 6.61 Å². The highest BCUT2D eigenvalue weighted by atomic mass is 16.5. The third kappa shape index (κ3) is 3.78. The third-order valence-electron chi connectivity index (χ3n) is 5.49. The Morgan fingerprint density at radius 2 is 1.94 bits per heavy atom. The lowest BCUT2D eigenvalue weighted by Gasteiger charge is -2.39. The van der Waals surface area contributed by atoms with E-state index < -0.39 is 5.54 Å². The monoisotopic (exact) mass is 430 g/mol. The number of aryl methyl sites for hydroxylation is 1. The average Bonchev–Trinajstić information content (AvgIpc) is 3.29. The molecule has 0 saturated heterocycles. The first kappa shape index (κ1) is 21.0. The summed E-state index contributed by atoms with van der Waals surface area (Å²) in [5, 5.41) is 11.0. The molecule has 0 radical (unpaired) electrons. The molecule has 0 unspecified atom stereocenters. The van der Waals surface area contributed by atoms with Crippen molar-refractivity contribution in [2.45, 2.75) is 18.9 Å². The fourth-order valence-corrected chi connectivity index (χ4v) is 3.99. The molecule has 1 aliphatic rings. The minimum atomic E-state index is -0.772. The molecule has 1 atom stereocenters. The Bertz CT molecular complexity index is 1250. The number of nitrogens with one attached hydrogen (secondary N) is 2. The van der Waals surface area contributed by atoms with Gasteiger partial charge in [-0.25, -0.2) is 4.98 Å². The maximum atomic E-state index is 13.5. The van der Waals surface area contributed by atoms with Crippen molar-refractivity contribution in [1.29, 1.82) is 0 Å². The van der Waals surface area contributed by atoms with Gasteiger partial charge in [0.2, 0.25) is 0 Å². The molecule has 8 nitrogen and oxygen atoms in total. The summed E-state index contributed by atoms with van der Waals surface area (Å²) in [7, 11) is 0. The number of rotatable bonds is 3. The van der Waals surface area contributed by atoms with Crippen LogP contribution in [-0.2, 0) is 10.3 Å². The van der Waals surface area contributed by atoms with E-state index in [-0.39, 0.29) is 12.4 Å². The van der Waals surface area contributed by atoms with Crippen LogP contribution in [-0.4, -0.2) is 39.0 Å². The average molecular weight is 430 g/mol. The lowest BCUT2D eigenvalue weighted by molar-refractivity contribution is -0.122. The minimum absolute atomic E-state index is 0.170. The maximum Gasteiger partial charge on any atom is 0.290 e. The number of aromatic nitrogens is 3. The van der Waals surface area contributed by atoms with Gasteiger partial charge in [0.15, 0.2) is 0 Å². The van der Waals surface area contributed by atoms with E-state index >= 15 is 0 Å². The van der Waals surface area contributed by atoms with Crippen LogP contribution in [0.5, 0.6) is 5.75 Å². The van der Waals surface area contributed by atoms with Gasteiger partial charge >= 0.3 is 0 Å². The van der Waals surface area contributed by atoms with E-state index in [4.69, 9.17) is 14.6 Å². The second-order valence-corrected chi connectivity index (χ2v) is 7.38. The number of pyridine rings is 2. The number of nitrogens with zero attached hydrogens (tertiary/aromatic N) is 2. The molecule has 8 heteroatoms. The van der Waals surface area contributed by atoms with E-state index in [0.717, 1.165) is 22.2 Å². The number of benzene rings is 1. The molecular weight excluding hydrogens is 408 g/mol. The van der Waals surface area contributed by atoms with Crippen LogP contribution in [0, 0.1) is 6.92 Å². The summed E-state index contributed by atoms with van der Waals surface area (Å²) in [6.45, 7) is 2.29. The van der Waals surface area contributed by atoms with E-state index in [0.29, 0.717) is 30.0 Å². The molecule has 0 saturated carbocycles. The van der Waals surface area contributed by atoms with Crippen LogP contribution < -0.4 is 10.1 Å². The molecule has 1 aromatic carbocycles. The number of H-pyrrole nitrogens is 1. The summed E-state index contributed by atoms with van der Waals surface area (Å²) >= 11 is 0. The predicted molar refractivity (Wildman–Crippen MR) is 119 cm³/mol. The van der Waals surface area contributed by atoms with E-state index in [1.807, 2.05) is 25.1 Å². The molecule has 1 amide bonds. The third-order valence-corrected chi connectivity index (χ3v) is 5.49. The summed E-state index contributed by atoms with van der Waals surface area (Å²) in [5.41, 5.74) is 3.36. The lowest BCUT2D eigenvalue weighted by atomic mass is 9.81. The second kappa shape index (κ2) is 8.89. The Morgan fingerprint density at radius 3 is 2.72 bits per heavy atom. The molecule has 0 spiro atoms. The maximum absolute atomic E-state index is 13.5. The van der Waals surface area contributed by atoms with Gasteiger partial charge in [0.05, 0.1) is 12.2 Å². The van der Waals surface area contributed by atoms with Crippen molar-refractivity contribution >= 4 is 23.4 Å². The van der Waals surface area contributed by atoms with Gasteiger partial charge in [-0.1, -0.05) is 29.8 Å². The quantitative estimate of drug-likeness (QED) is 0.429. The molecular formula is C24H22N4O4. The smallest absolute Gasteiger partial charge is 0.290 e. The van der Waals surface area contributed by atoms with Crippen molar-refractivity contribution in [3.05, 3.63) is 89.5 Å². The number of carboxylic acid groups (broad SMARTS) is 1. The Balaban J connectivity index is 0.000000775. The highest BCUT2D eigenvalue weighted by Gasteiger charge is 2.42. The van der Waals surface area contributed by atoms with E-state index in [9.17, 15) is 4.79 Å². The fourth-order valence-electron chi connectivity index (χ4n) is 3.99. The van der Waals surface area contributed by atoms with Crippen molar-refractivity contribution in [1.82, 2.24) is 20.3 Å². The first-order valence-corrected chi connectivity index (χ1v) is 10.1. The molecule has 3 aromatic heterocycles. The van der Waals surface area contributed by atoms with E-state index in [1.54, 1.807) is 24.7 Å². The zero-order valence-corrected chi connectivity index (χ0v) is 17.4. The minimum Gasteiger partial charge on any atom is -0.491 e. The van der Waals surface area contributed by atoms with Gasteiger partial charge in [-0.3, -0.25) is 14.6 Å². The number of amides is 1. The SMILES string of the molecule is Cc1ccc([C@@]2(NC(=O)c3ccnc4[nH]ccc34)CCOc3cccnc32)cc1.O=CO. The topological polar surface area (TPSA) is 117 Å². The van der Waals surface area contributed by atoms with Crippen LogP contribution in [0.25, 0.3) is 11.0 Å².